The quantitative estimate of drug-likeness (QED) is 0.617. The van der Waals surface area contributed by atoms with Gasteiger partial charge in [0, 0.05) is 31.6 Å². The third kappa shape index (κ3) is 6.36. The van der Waals surface area contributed by atoms with E-state index in [1.54, 1.807) is 7.11 Å². The van der Waals surface area contributed by atoms with Crippen LogP contribution in [0.25, 0.3) is 0 Å². The molecule has 0 unspecified atom stereocenters. The van der Waals surface area contributed by atoms with Crippen LogP contribution in [0.5, 0.6) is 11.5 Å². The van der Waals surface area contributed by atoms with Gasteiger partial charge in [0.25, 0.3) is 0 Å². The van der Waals surface area contributed by atoms with Crippen LogP contribution in [0, 0.1) is 5.92 Å². The van der Waals surface area contributed by atoms with Crippen LogP contribution in [-0.2, 0) is 11.3 Å². The molecule has 0 radical (unpaired) electrons. The van der Waals surface area contributed by atoms with Crippen LogP contribution < -0.4 is 14.8 Å². The van der Waals surface area contributed by atoms with Gasteiger partial charge in [-0.2, -0.15) is 0 Å². The SMILES string of the molecule is CCCCOc1ccc(CNC2CCN(C(=O)C3CCCCC3)CC2)cc1OC. The first-order valence-corrected chi connectivity index (χ1v) is 11.5. The molecule has 1 N–H and O–H groups in total. The summed E-state index contributed by atoms with van der Waals surface area (Å²) in [6, 6.07) is 6.66. The summed E-state index contributed by atoms with van der Waals surface area (Å²) < 4.78 is 11.3. The van der Waals surface area contributed by atoms with Crippen molar-refractivity contribution in [3.05, 3.63) is 23.8 Å². The van der Waals surface area contributed by atoms with Gasteiger partial charge in [0.2, 0.25) is 5.91 Å². The fraction of sp³-hybridized carbons (Fsp3) is 0.708. The molecule has 3 rings (SSSR count). The fourth-order valence-corrected chi connectivity index (χ4v) is 4.44. The molecule has 162 valence electrons. The molecule has 5 nitrogen and oxygen atoms in total. The maximum atomic E-state index is 12.7. The van der Waals surface area contributed by atoms with Crippen LogP contribution in [0.2, 0.25) is 0 Å². The Morgan fingerprint density at radius 2 is 1.86 bits per heavy atom. The minimum absolute atomic E-state index is 0.291. The van der Waals surface area contributed by atoms with E-state index in [1.807, 2.05) is 6.07 Å². The maximum Gasteiger partial charge on any atom is 0.225 e. The number of amides is 1. The van der Waals surface area contributed by atoms with Gasteiger partial charge in [-0.05, 0) is 49.8 Å². The van der Waals surface area contributed by atoms with Gasteiger partial charge >= 0.3 is 0 Å². The number of hydrogen-bond donors (Lipinski definition) is 1. The van der Waals surface area contributed by atoms with E-state index < -0.39 is 0 Å². The van der Waals surface area contributed by atoms with E-state index in [1.165, 1.54) is 24.8 Å². The molecule has 1 aromatic carbocycles. The molecule has 1 aliphatic carbocycles. The van der Waals surface area contributed by atoms with Crippen molar-refractivity contribution in [3.8, 4) is 11.5 Å². The number of nitrogens with zero attached hydrogens (tertiary/aromatic N) is 1. The molecule has 0 spiro atoms. The molecule has 5 heteroatoms. The van der Waals surface area contributed by atoms with Gasteiger partial charge in [0.15, 0.2) is 11.5 Å². The topological polar surface area (TPSA) is 50.8 Å². The van der Waals surface area contributed by atoms with Gasteiger partial charge in [-0.25, -0.2) is 0 Å². The van der Waals surface area contributed by atoms with Gasteiger partial charge in [-0.15, -0.1) is 0 Å². The number of nitrogens with one attached hydrogen (secondary N) is 1. The van der Waals surface area contributed by atoms with Crippen molar-refractivity contribution in [2.45, 2.75) is 77.3 Å². The molecule has 29 heavy (non-hydrogen) atoms. The maximum absolute atomic E-state index is 12.7. The molecule has 1 saturated heterocycles. The standard InChI is InChI=1S/C24H38N2O3/c1-3-4-16-29-22-11-10-19(17-23(22)28-2)18-25-21-12-14-26(15-13-21)24(27)20-8-6-5-7-9-20/h10-11,17,20-21,25H,3-9,12-16,18H2,1-2H3. The van der Waals surface area contributed by atoms with Crippen molar-refractivity contribution in [2.75, 3.05) is 26.8 Å². The molecule has 0 atom stereocenters. The molecule has 0 aromatic heterocycles. The molecule has 1 heterocycles. The molecule has 2 aliphatic rings. The Hall–Kier alpha value is -1.75. The molecule has 1 aromatic rings. The Kier molecular flexibility index (Phi) is 8.66. The Morgan fingerprint density at radius 1 is 1.10 bits per heavy atom. The van der Waals surface area contributed by atoms with Gasteiger partial charge < -0.3 is 19.7 Å². The summed E-state index contributed by atoms with van der Waals surface area (Å²) in [6.45, 7) is 5.47. The summed E-state index contributed by atoms with van der Waals surface area (Å²) >= 11 is 0. The lowest BCUT2D eigenvalue weighted by atomic mass is 9.87. The summed E-state index contributed by atoms with van der Waals surface area (Å²) in [5.74, 6) is 2.32. The number of ether oxygens (including phenoxy) is 2. The molecule has 1 aliphatic heterocycles. The van der Waals surface area contributed by atoms with Gasteiger partial charge in [0.1, 0.15) is 0 Å². The third-order valence-electron chi connectivity index (χ3n) is 6.34. The minimum atomic E-state index is 0.291. The van der Waals surface area contributed by atoms with Crippen molar-refractivity contribution in [1.29, 1.82) is 0 Å². The van der Waals surface area contributed by atoms with Crippen molar-refractivity contribution >= 4 is 5.91 Å². The average Bonchev–Trinajstić information content (AvgIpc) is 2.79. The highest BCUT2D eigenvalue weighted by molar-refractivity contribution is 5.79. The molecule has 2 fully saturated rings. The Bertz CT molecular complexity index is 635. The van der Waals surface area contributed by atoms with Crippen molar-refractivity contribution in [2.24, 2.45) is 5.92 Å². The lowest BCUT2D eigenvalue weighted by molar-refractivity contribution is -0.137. The van der Waals surface area contributed by atoms with E-state index in [2.05, 4.69) is 29.3 Å². The fourth-order valence-electron chi connectivity index (χ4n) is 4.44. The van der Waals surface area contributed by atoms with Crippen molar-refractivity contribution in [1.82, 2.24) is 10.2 Å². The second kappa shape index (κ2) is 11.4. The third-order valence-corrected chi connectivity index (χ3v) is 6.34. The van der Waals surface area contributed by atoms with E-state index in [0.717, 1.165) is 76.3 Å². The minimum Gasteiger partial charge on any atom is -0.493 e. The number of methoxy groups -OCH3 is 1. The van der Waals surface area contributed by atoms with Crippen molar-refractivity contribution in [3.63, 3.8) is 0 Å². The first kappa shape index (κ1) is 21.9. The molecule has 0 bridgehead atoms. The van der Waals surface area contributed by atoms with Crippen LogP contribution in [0.15, 0.2) is 18.2 Å². The molecular formula is C24H38N2O3. The van der Waals surface area contributed by atoms with E-state index in [-0.39, 0.29) is 0 Å². The van der Waals surface area contributed by atoms with E-state index in [4.69, 9.17) is 9.47 Å². The smallest absolute Gasteiger partial charge is 0.225 e. The summed E-state index contributed by atoms with van der Waals surface area (Å²) in [4.78, 5) is 14.8. The first-order chi connectivity index (χ1) is 14.2. The lowest BCUT2D eigenvalue weighted by Gasteiger charge is -2.35. The number of unbranched alkanes of at least 4 members (excludes halogenated alkanes) is 1. The highest BCUT2D eigenvalue weighted by Gasteiger charge is 2.28. The molecule has 1 saturated carbocycles. The van der Waals surface area contributed by atoms with Gasteiger partial charge in [0.05, 0.1) is 13.7 Å². The zero-order valence-corrected chi connectivity index (χ0v) is 18.3. The first-order valence-electron chi connectivity index (χ1n) is 11.5. The second-order valence-corrected chi connectivity index (χ2v) is 8.50. The van der Waals surface area contributed by atoms with Crippen LogP contribution in [0.1, 0.15) is 70.3 Å². The van der Waals surface area contributed by atoms with E-state index in [9.17, 15) is 4.79 Å². The van der Waals surface area contributed by atoms with Crippen LogP contribution in [0.4, 0.5) is 0 Å². The highest BCUT2D eigenvalue weighted by atomic mass is 16.5. The Morgan fingerprint density at radius 3 is 2.55 bits per heavy atom. The number of piperidine rings is 1. The average molecular weight is 403 g/mol. The van der Waals surface area contributed by atoms with Crippen molar-refractivity contribution < 1.29 is 14.3 Å². The molecule has 1 amide bonds. The van der Waals surface area contributed by atoms with Crippen LogP contribution >= 0.6 is 0 Å². The summed E-state index contributed by atoms with van der Waals surface area (Å²) in [6.07, 6.45) is 10.2. The van der Waals surface area contributed by atoms with Crippen LogP contribution in [0.3, 0.4) is 0 Å². The number of rotatable bonds is 9. The summed E-state index contributed by atoms with van der Waals surface area (Å²) in [7, 11) is 1.69. The number of hydrogen-bond acceptors (Lipinski definition) is 4. The number of carbonyl (C=O) groups is 1. The van der Waals surface area contributed by atoms with E-state index >= 15 is 0 Å². The number of likely N-dealkylation sites (tertiary alicyclic amines) is 1. The highest BCUT2D eigenvalue weighted by Crippen LogP contribution is 2.29. The predicted molar refractivity (Wildman–Crippen MR) is 116 cm³/mol. The van der Waals surface area contributed by atoms with Gasteiger partial charge in [-0.1, -0.05) is 38.7 Å². The lowest BCUT2D eigenvalue weighted by Crippen LogP contribution is -2.46. The second-order valence-electron chi connectivity index (χ2n) is 8.50. The van der Waals surface area contributed by atoms with Crippen LogP contribution in [-0.4, -0.2) is 43.7 Å². The summed E-state index contributed by atoms with van der Waals surface area (Å²) in [5, 5.41) is 3.67. The Labute approximate surface area is 176 Å². The zero-order chi connectivity index (χ0) is 20.5. The Balaban J connectivity index is 1.43. The number of benzene rings is 1. The largest absolute Gasteiger partial charge is 0.493 e. The normalized spacial score (nSPS) is 18.6. The predicted octanol–water partition coefficient (Wildman–Crippen LogP) is 4.54. The van der Waals surface area contributed by atoms with Gasteiger partial charge in [-0.3, -0.25) is 4.79 Å². The zero-order valence-electron chi connectivity index (χ0n) is 18.3. The summed E-state index contributed by atoms with van der Waals surface area (Å²) in [5.41, 5.74) is 1.20. The monoisotopic (exact) mass is 402 g/mol. The number of carbonyl (C=O) groups excluding carboxylic acids is 1. The van der Waals surface area contributed by atoms with E-state index in [0.29, 0.717) is 17.9 Å². The molecular weight excluding hydrogens is 364 g/mol.